The van der Waals surface area contributed by atoms with Crippen molar-refractivity contribution in [1.82, 2.24) is 0 Å². The third-order valence-corrected chi connectivity index (χ3v) is 4.48. The van der Waals surface area contributed by atoms with Crippen LogP contribution in [-0.2, 0) is 19.4 Å². The molecule has 1 aromatic carbocycles. The van der Waals surface area contributed by atoms with E-state index >= 15 is 0 Å². The smallest absolute Gasteiger partial charge is 0.362 e. The number of amides is 1. The maximum absolute atomic E-state index is 11.8. The monoisotopic (exact) mass is 395 g/mol. The van der Waals surface area contributed by atoms with Crippen molar-refractivity contribution in [2.75, 3.05) is 11.9 Å². The van der Waals surface area contributed by atoms with Gasteiger partial charge in [0.2, 0.25) is 5.91 Å². The van der Waals surface area contributed by atoms with E-state index in [1.807, 2.05) is 6.92 Å². The van der Waals surface area contributed by atoms with E-state index in [-0.39, 0.29) is 18.3 Å². The van der Waals surface area contributed by atoms with Gasteiger partial charge in [-0.05, 0) is 70.2 Å². The summed E-state index contributed by atoms with van der Waals surface area (Å²) in [5.41, 5.74) is 3.01. The molecule has 0 saturated heterocycles. The number of allylic oxidation sites excluding steroid dienone is 3. The van der Waals surface area contributed by atoms with E-state index in [2.05, 4.69) is 24.9 Å². The van der Waals surface area contributed by atoms with Crippen LogP contribution in [0.25, 0.3) is 0 Å². The van der Waals surface area contributed by atoms with Crippen LogP contribution in [0.4, 0.5) is 5.69 Å². The van der Waals surface area contributed by atoms with Gasteiger partial charge in [-0.3, -0.25) is 4.79 Å². The molecular weight excluding hydrogens is 366 g/mol. The highest BCUT2D eigenvalue weighted by molar-refractivity contribution is 7.82. The molecule has 0 aliphatic carbocycles. The van der Waals surface area contributed by atoms with E-state index in [9.17, 15) is 13.2 Å². The molecule has 1 N–H and O–H groups in total. The second kappa shape index (κ2) is 11.6. The fourth-order valence-electron chi connectivity index (χ4n) is 2.27. The highest BCUT2D eigenvalue weighted by atomic mass is 32.3. The van der Waals surface area contributed by atoms with Gasteiger partial charge in [0.05, 0.1) is 6.61 Å². The minimum atomic E-state index is -4.11. The zero-order valence-electron chi connectivity index (χ0n) is 16.3. The van der Waals surface area contributed by atoms with E-state index < -0.39 is 10.4 Å². The predicted octanol–water partition coefficient (Wildman–Crippen LogP) is 4.76. The average Bonchev–Trinajstić information content (AvgIpc) is 2.55. The van der Waals surface area contributed by atoms with Crippen molar-refractivity contribution in [2.45, 2.75) is 52.9 Å². The van der Waals surface area contributed by atoms with Crippen LogP contribution in [0.2, 0.25) is 0 Å². The normalized spacial score (nSPS) is 11.9. The summed E-state index contributed by atoms with van der Waals surface area (Å²) >= 11 is 0. The van der Waals surface area contributed by atoms with Crippen LogP contribution in [0.3, 0.4) is 0 Å². The fraction of sp³-hybridized carbons (Fsp3) is 0.450. The molecule has 0 radical (unpaired) electrons. The molecule has 27 heavy (non-hydrogen) atoms. The van der Waals surface area contributed by atoms with Crippen LogP contribution >= 0.6 is 0 Å². The van der Waals surface area contributed by atoms with E-state index in [4.69, 9.17) is 8.37 Å². The highest BCUT2D eigenvalue weighted by Crippen LogP contribution is 2.18. The van der Waals surface area contributed by atoms with Crippen LogP contribution in [0.5, 0.6) is 5.75 Å². The summed E-state index contributed by atoms with van der Waals surface area (Å²) in [4.78, 5) is 11.0. The summed E-state index contributed by atoms with van der Waals surface area (Å²) < 4.78 is 33.4. The number of unbranched alkanes of at least 4 members (excludes halogenated alkanes) is 1. The zero-order chi connectivity index (χ0) is 20.3. The summed E-state index contributed by atoms with van der Waals surface area (Å²) in [5, 5.41) is 2.59. The lowest BCUT2D eigenvalue weighted by molar-refractivity contribution is -0.114. The van der Waals surface area contributed by atoms with Crippen LogP contribution < -0.4 is 9.50 Å². The molecule has 0 atom stereocenters. The molecule has 1 rings (SSSR count). The molecule has 0 aromatic heterocycles. The third kappa shape index (κ3) is 11.2. The van der Waals surface area contributed by atoms with Crippen molar-refractivity contribution in [3.05, 3.63) is 48.1 Å². The first-order chi connectivity index (χ1) is 12.7. The number of anilines is 1. The van der Waals surface area contributed by atoms with Crippen molar-refractivity contribution in [1.29, 1.82) is 0 Å². The Morgan fingerprint density at radius 2 is 1.78 bits per heavy atom. The molecule has 7 heteroatoms. The molecule has 0 aliphatic heterocycles. The van der Waals surface area contributed by atoms with Gasteiger partial charge in [-0.1, -0.05) is 17.2 Å². The number of carbonyl (C=O) groups excluding carboxylic acids is 1. The molecule has 0 unspecified atom stereocenters. The van der Waals surface area contributed by atoms with Crippen molar-refractivity contribution >= 4 is 22.0 Å². The maximum atomic E-state index is 11.8. The topological polar surface area (TPSA) is 81.7 Å². The van der Waals surface area contributed by atoms with Gasteiger partial charge in [0, 0.05) is 12.6 Å². The summed E-state index contributed by atoms with van der Waals surface area (Å²) in [6.07, 6.45) is 6.54. The average molecular weight is 396 g/mol. The molecule has 1 amide bonds. The SMILES string of the molecule is C=C(C)CC/C=C(\C)CCCCOS(=O)(=O)Oc1ccc(NC(C)=O)cc1. The largest absolute Gasteiger partial charge is 0.449 e. The zero-order valence-corrected chi connectivity index (χ0v) is 17.1. The lowest BCUT2D eigenvalue weighted by Gasteiger charge is -2.08. The fourth-order valence-corrected chi connectivity index (χ4v) is 2.99. The lowest BCUT2D eigenvalue weighted by atomic mass is 10.1. The second-order valence-electron chi connectivity index (χ2n) is 6.52. The first kappa shape index (κ1) is 22.9. The number of hydrogen-bond donors (Lipinski definition) is 1. The summed E-state index contributed by atoms with van der Waals surface area (Å²) in [7, 11) is -4.11. The minimum Gasteiger partial charge on any atom is -0.362 e. The summed E-state index contributed by atoms with van der Waals surface area (Å²) in [5.74, 6) is -0.0825. The molecule has 0 saturated carbocycles. The molecule has 1 aromatic rings. The van der Waals surface area contributed by atoms with E-state index in [0.717, 1.165) is 25.7 Å². The molecular formula is C20H29NO5S. The molecule has 0 bridgehead atoms. The molecule has 0 heterocycles. The number of rotatable bonds is 12. The van der Waals surface area contributed by atoms with Crippen LogP contribution in [0.1, 0.15) is 52.9 Å². The number of benzene rings is 1. The van der Waals surface area contributed by atoms with Crippen LogP contribution in [0, 0.1) is 0 Å². The Morgan fingerprint density at radius 1 is 1.11 bits per heavy atom. The predicted molar refractivity (Wildman–Crippen MR) is 108 cm³/mol. The van der Waals surface area contributed by atoms with Crippen molar-refractivity contribution < 1.29 is 21.6 Å². The Hall–Kier alpha value is -2.12. The molecule has 6 nitrogen and oxygen atoms in total. The Balaban J connectivity index is 2.31. The Morgan fingerprint density at radius 3 is 2.37 bits per heavy atom. The Bertz CT molecular complexity index is 751. The maximum Gasteiger partial charge on any atom is 0.449 e. The van der Waals surface area contributed by atoms with Gasteiger partial charge < -0.3 is 9.50 Å². The van der Waals surface area contributed by atoms with E-state index in [0.29, 0.717) is 12.1 Å². The number of hydrogen-bond acceptors (Lipinski definition) is 5. The van der Waals surface area contributed by atoms with Gasteiger partial charge in [0.15, 0.2) is 0 Å². The first-order valence-corrected chi connectivity index (χ1v) is 10.3. The van der Waals surface area contributed by atoms with Crippen molar-refractivity contribution in [3.8, 4) is 5.75 Å². The van der Waals surface area contributed by atoms with Gasteiger partial charge in [-0.25, -0.2) is 4.18 Å². The van der Waals surface area contributed by atoms with Crippen molar-refractivity contribution in [2.24, 2.45) is 0 Å². The minimum absolute atomic E-state index is 0.0748. The molecule has 0 fully saturated rings. The summed E-state index contributed by atoms with van der Waals surface area (Å²) in [6.45, 7) is 9.43. The van der Waals surface area contributed by atoms with Gasteiger partial charge in [0.25, 0.3) is 0 Å². The van der Waals surface area contributed by atoms with Gasteiger partial charge in [-0.15, -0.1) is 6.58 Å². The van der Waals surface area contributed by atoms with Crippen LogP contribution in [-0.4, -0.2) is 20.9 Å². The van der Waals surface area contributed by atoms with E-state index in [1.54, 1.807) is 12.1 Å². The Kier molecular flexibility index (Phi) is 9.82. The van der Waals surface area contributed by atoms with E-state index in [1.165, 1.54) is 30.2 Å². The van der Waals surface area contributed by atoms with Crippen LogP contribution in [0.15, 0.2) is 48.1 Å². The highest BCUT2D eigenvalue weighted by Gasteiger charge is 2.13. The standard InChI is InChI=1S/C20H29NO5S/c1-16(2)8-7-10-17(3)9-5-6-15-25-27(23,24)26-20-13-11-19(12-14-20)21-18(4)22/h10-14H,1,5-9,15H2,2-4H3,(H,21,22)/b17-10+. The van der Waals surface area contributed by atoms with Gasteiger partial charge in [-0.2, -0.15) is 8.42 Å². The molecule has 150 valence electrons. The third-order valence-electron chi connectivity index (χ3n) is 3.63. The lowest BCUT2D eigenvalue weighted by Crippen LogP contribution is -2.14. The molecule has 0 spiro atoms. The first-order valence-electron chi connectivity index (χ1n) is 8.94. The molecule has 0 aliphatic rings. The van der Waals surface area contributed by atoms with Crippen molar-refractivity contribution in [3.63, 3.8) is 0 Å². The number of carbonyl (C=O) groups is 1. The quantitative estimate of drug-likeness (QED) is 0.408. The van der Waals surface area contributed by atoms with Gasteiger partial charge in [0.1, 0.15) is 5.75 Å². The number of nitrogens with one attached hydrogen (secondary N) is 1. The van der Waals surface area contributed by atoms with Gasteiger partial charge >= 0.3 is 10.4 Å². The summed E-state index contributed by atoms with van der Waals surface area (Å²) in [6, 6.07) is 6.00. The Labute approximate surface area is 162 Å². The second-order valence-corrected chi connectivity index (χ2v) is 7.74.